The van der Waals surface area contributed by atoms with Crippen LogP contribution in [0.25, 0.3) is 5.76 Å². The summed E-state index contributed by atoms with van der Waals surface area (Å²) in [5, 5.41) is 58.5. The van der Waals surface area contributed by atoms with Crippen molar-refractivity contribution in [3.8, 4) is 5.75 Å². The molecule has 0 aliphatic heterocycles. The molecule has 2 aromatic carbocycles. The summed E-state index contributed by atoms with van der Waals surface area (Å²) < 4.78 is 0. The molecular weight excluding hydrogens is 524 g/mol. The summed E-state index contributed by atoms with van der Waals surface area (Å²) in [5.74, 6) is -7.14. The van der Waals surface area contributed by atoms with E-state index in [9.17, 15) is 39.9 Å². The third-order valence-electron chi connectivity index (χ3n) is 10.00. The summed E-state index contributed by atoms with van der Waals surface area (Å²) in [5.41, 5.74) is -5.96. The number of aromatic hydroxyl groups is 1. The molecule has 0 heterocycles. The van der Waals surface area contributed by atoms with Crippen LogP contribution in [-0.2, 0) is 20.8 Å². The molecule has 3 aliphatic carbocycles. The van der Waals surface area contributed by atoms with E-state index in [0.717, 1.165) is 12.5 Å². The molecule has 5 rings (SSSR count). The maximum absolute atomic E-state index is 14.6. The quantitative estimate of drug-likeness (QED) is 0.339. The molecule has 216 valence electrons. The number of hydrogen-bond donors (Lipinski definition) is 5. The summed E-state index contributed by atoms with van der Waals surface area (Å²) in [7, 11) is 0. The van der Waals surface area contributed by atoms with Crippen LogP contribution in [0.2, 0.25) is 0 Å². The minimum Gasteiger partial charge on any atom is -0.508 e. The lowest BCUT2D eigenvalue weighted by atomic mass is 9.40. The van der Waals surface area contributed by atoms with Gasteiger partial charge in [0.05, 0.1) is 17.2 Å². The van der Waals surface area contributed by atoms with Crippen LogP contribution in [0, 0.1) is 22.7 Å². The summed E-state index contributed by atoms with van der Waals surface area (Å²) in [6, 6.07) is 14.3. The largest absolute Gasteiger partial charge is 0.508 e. The van der Waals surface area contributed by atoms with Gasteiger partial charge in [-0.1, -0.05) is 70.2 Å². The monoisotopic (exact) mass is 560 g/mol. The number of Topliss-reactive ketones (excluding diaryl/α,β-unsaturated/α-hetero) is 3. The maximum Gasteiger partial charge on any atom is 0.203 e. The number of ketones is 3. The van der Waals surface area contributed by atoms with Gasteiger partial charge in [-0.3, -0.25) is 14.4 Å². The van der Waals surface area contributed by atoms with Crippen LogP contribution >= 0.6 is 0 Å². The first-order valence-electron chi connectivity index (χ1n) is 13.9. The van der Waals surface area contributed by atoms with E-state index in [2.05, 4.69) is 0 Å². The molecule has 8 nitrogen and oxygen atoms in total. The van der Waals surface area contributed by atoms with Crippen molar-refractivity contribution in [2.75, 3.05) is 0 Å². The van der Waals surface area contributed by atoms with E-state index in [1.54, 1.807) is 32.9 Å². The summed E-state index contributed by atoms with van der Waals surface area (Å²) in [6.07, 6.45) is -0.746. The van der Waals surface area contributed by atoms with Crippen molar-refractivity contribution in [1.82, 2.24) is 0 Å². The van der Waals surface area contributed by atoms with Crippen LogP contribution in [0.3, 0.4) is 0 Å². The normalized spacial score (nSPS) is 33.0. The minimum absolute atomic E-state index is 0.00773. The molecule has 2 aromatic rings. The van der Waals surface area contributed by atoms with Crippen LogP contribution in [-0.4, -0.2) is 54.6 Å². The molecule has 0 radical (unpaired) electrons. The molecule has 0 saturated heterocycles. The number of carbonyl (C=O) groups excluding carboxylic acids is 3. The lowest BCUT2D eigenvalue weighted by Gasteiger charge is -2.64. The summed E-state index contributed by atoms with van der Waals surface area (Å²) in [4.78, 5) is 40.9. The third kappa shape index (κ3) is 3.50. The lowest BCUT2D eigenvalue weighted by molar-refractivity contribution is -0.216. The highest BCUT2D eigenvalue weighted by Gasteiger charge is 2.77. The third-order valence-corrected chi connectivity index (χ3v) is 10.00. The molecule has 0 spiro atoms. The van der Waals surface area contributed by atoms with Gasteiger partial charge in [0.2, 0.25) is 5.78 Å². The van der Waals surface area contributed by atoms with Gasteiger partial charge in [-0.05, 0) is 48.8 Å². The number of phenolic OH excluding ortho intramolecular Hbond substituents is 1. The number of rotatable bonds is 5. The highest BCUT2D eigenvalue weighted by atomic mass is 16.4. The van der Waals surface area contributed by atoms with Crippen molar-refractivity contribution in [3.63, 3.8) is 0 Å². The van der Waals surface area contributed by atoms with Gasteiger partial charge in [-0.2, -0.15) is 0 Å². The van der Waals surface area contributed by atoms with E-state index in [4.69, 9.17) is 0 Å². The Hall–Kier alpha value is -3.75. The second-order valence-corrected chi connectivity index (χ2v) is 12.4. The maximum atomic E-state index is 14.6. The van der Waals surface area contributed by atoms with Gasteiger partial charge in [0, 0.05) is 16.7 Å². The number of benzene rings is 2. The second kappa shape index (κ2) is 9.39. The van der Waals surface area contributed by atoms with Gasteiger partial charge in [0.15, 0.2) is 17.2 Å². The number of phenols is 1. The lowest BCUT2D eigenvalue weighted by Crippen LogP contribution is -2.75. The Labute approximate surface area is 238 Å². The molecule has 1 unspecified atom stereocenters. The molecule has 6 atom stereocenters. The van der Waals surface area contributed by atoms with Crippen molar-refractivity contribution in [3.05, 3.63) is 82.1 Å². The molecule has 0 bridgehead atoms. The SMILES string of the molecule is CC(=O)C1=C(O)[C@]2(O)C(=O)C3=C(O)c4c(O)cccc4[C@@H](CCc4ccccc4)[C@]3(C)[C@@H](O)[C@]2(C)C(C(C)C)C1=O. The van der Waals surface area contributed by atoms with Gasteiger partial charge in [-0.25, -0.2) is 0 Å². The van der Waals surface area contributed by atoms with Crippen LogP contribution in [0.15, 0.2) is 65.4 Å². The smallest absolute Gasteiger partial charge is 0.203 e. The molecule has 0 aromatic heterocycles. The van der Waals surface area contributed by atoms with E-state index in [1.807, 2.05) is 30.3 Å². The molecule has 8 heteroatoms. The Morgan fingerprint density at radius 1 is 0.976 bits per heavy atom. The Morgan fingerprint density at radius 3 is 2.20 bits per heavy atom. The van der Waals surface area contributed by atoms with Crippen molar-refractivity contribution in [2.45, 2.75) is 65.1 Å². The fourth-order valence-corrected chi connectivity index (χ4v) is 8.14. The number of aryl methyl sites for hydroxylation is 1. The highest BCUT2D eigenvalue weighted by Crippen LogP contribution is 2.68. The summed E-state index contributed by atoms with van der Waals surface area (Å²) >= 11 is 0. The first kappa shape index (κ1) is 28.8. The van der Waals surface area contributed by atoms with Gasteiger partial charge in [0.1, 0.15) is 22.8 Å². The van der Waals surface area contributed by atoms with Gasteiger partial charge in [-0.15, -0.1) is 0 Å². The minimum atomic E-state index is -2.90. The van der Waals surface area contributed by atoms with Crippen LogP contribution in [0.5, 0.6) is 5.75 Å². The number of allylic oxidation sites excluding steroid dienone is 1. The Bertz CT molecular complexity index is 1540. The zero-order valence-electron chi connectivity index (χ0n) is 23.8. The topological polar surface area (TPSA) is 152 Å². The van der Waals surface area contributed by atoms with Crippen molar-refractivity contribution in [2.24, 2.45) is 22.7 Å². The second-order valence-electron chi connectivity index (χ2n) is 12.4. The van der Waals surface area contributed by atoms with Crippen LogP contribution in [0.4, 0.5) is 0 Å². The molecule has 0 amide bonds. The van der Waals surface area contributed by atoms with E-state index in [1.165, 1.54) is 13.0 Å². The van der Waals surface area contributed by atoms with Crippen LogP contribution in [0.1, 0.15) is 63.6 Å². The Balaban J connectivity index is 1.84. The van der Waals surface area contributed by atoms with Crippen LogP contribution < -0.4 is 0 Å². The number of fused-ring (bicyclic) bond motifs is 3. The van der Waals surface area contributed by atoms with Gasteiger partial charge >= 0.3 is 0 Å². The van der Waals surface area contributed by atoms with E-state index < -0.39 is 74.7 Å². The molecule has 1 saturated carbocycles. The number of hydrogen-bond acceptors (Lipinski definition) is 8. The first-order valence-corrected chi connectivity index (χ1v) is 13.9. The average Bonchev–Trinajstić information content (AvgIpc) is 2.90. The first-order chi connectivity index (χ1) is 19.2. The fraction of sp³-hybridized carbons (Fsp3) is 0.424. The molecule has 3 aliphatic rings. The zero-order chi connectivity index (χ0) is 30.2. The predicted molar refractivity (Wildman–Crippen MR) is 151 cm³/mol. The molecular formula is C33H36O8. The Kier molecular flexibility index (Phi) is 6.59. The predicted octanol–water partition coefficient (Wildman–Crippen LogP) is 4.33. The van der Waals surface area contributed by atoms with Gasteiger partial charge < -0.3 is 25.5 Å². The molecule has 1 fully saturated rings. The zero-order valence-corrected chi connectivity index (χ0v) is 23.8. The summed E-state index contributed by atoms with van der Waals surface area (Å²) in [6.45, 7) is 7.47. The number of carbonyl (C=O) groups is 3. The van der Waals surface area contributed by atoms with E-state index in [0.29, 0.717) is 18.4 Å². The fourth-order valence-electron chi connectivity index (χ4n) is 8.14. The van der Waals surface area contributed by atoms with Crippen molar-refractivity contribution in [1.29, 1.82) is 0 Å². The van der Waals surface area contributed by atoms with Crippen molar-refractivity contribution < 1.29 is 39.9 Å². The van der Waals surface area contributed by atoms with E-state index >= 15 is 0 Å². The number of aliphatic hydroxyl groups excluding tert-OH is 3. The highest BCUT2D eigenvalue weighted by molar-refractivity contribution is 6.24. The Morgan fingerprint density at radius 2 is 1.61 bits per heavy atom. The van der Waals surface area contributed by atoms with Crippen molar-refractivity contribution >= 4 is 23.1 Å². The van der Waals surface area contributed by atoms with E-state index in [-0.39, 0.29) is 16.9 Å². The van der Waals surface area contributed by atoms with Gasteiger partial charge in [0.25, 0.3) is 0 Å². The number of aliphatic hydroxyl groups is 4. The molecule has 5 N–H and O–H groups in total. The standard InChI is InChI=1S/C33H36O8/c1-16(2)24-26(36)22(17(3)34)28(38)33(41)29(39)25-27(37)23-19(12-9-13-21(23)35)20(15-14-18-10-7-6-8-11-18)31(25,4)30(40)32(24,33)5/h6-13,16,20,24,30,35,37-38,40-41H,14-15H2,1-5H3/t20-,24?,30-,31+,32+,33+/m1/s1. The molecule has 41 heavy (non-hydrogen) atoms. The average molecular weight is 561 g/mol.